The Labute approximate surface area is 105 Å². The lowest BCUT2D eigenvalue weighted by Gasteiger charge is -2.03. The van der Waals surface area contributed by atoms with Gasteiger partial charge in [0.2, 0.25) is 0 Å². The smallest absolute Gasteiger partial charge is 0.144 e. The molecule has 1 fully saturated rings. The average molecular weight is 242 g/mol. The highest BCUT2D eigenvalue weighted by Crippen LogP contribution is 2.26. The van der Waals surface area contributed by atoms with E-state index in [0.717, 1.165) is 16.6 Å². The van der Waals surface area contributed by atoms with Gasteiger partial charge in [-0.15, -0.1) is 0 Å². The van der Waals surface area contributed by atoms with Crippen LogP contribution in [-0.2, 0) is 23.1 Å². The van der Waals surface area contributed by atoms with Gasteiger partial charge in [0.15, 0.2) is 0 Å². The quantitative estimate of drug-likeness (QED) is 0.753. The molecule has 0 N–H and O–H groups in total. The largest absolute Gasteiger partial charge is 0.299 e. The predicted molar refractivity (Wildman–Crippen MR) is 67.2 cm³/mol. The zero-order valence-electron chi connectivity index (χ0n) is 10.2. The lowest BCUT2D eigenvalue weighted by molar-refractivity contribution is -0.122. The van der Waals surface area contributed by atoms with E-state index in [4.69, 9.17) is 0 Å². The molecule has 4 nitrogen and oxygen atoms in total. The Bertz CT molecular complexity index is 642. The van der Waals surface area contributed by atoms with Crippen molar-refractivity contribution >= 4 is 22.5 Å². The summed E-state index contributed by atoms with van der Waals surface area (Å²) in [5.74, 6) is -0.0456. The summed E-state index contributed by atoms with van der Waals surface area (Å²) >= 11 is 0. The minimum Gasteiger partial charge on any atom is -0.299 e. The van der Waals surface area contributed by atoms with Gasteiger partial charge in [0.05, 0.1) is 17.6 Å². The number of carbonyl (C=O) groups is 2. The number of hydrogen-bond donors (Lipinski definition) is 0. The molecule has 1 atom stereocenters. The number of rotatable bonds is 2. The monoisotopic (exact) mass is 242 g/mol. The molecule has 1 heterocycles. The van der Waals surface area contributed by atoms with Crippen LogP contribution in [0.5, 0.6) is 0 Å². The summed E-state index contributed by atoms with van der Waals surface area (Å²) in [6.07, 6.45) is 1.06. The maximum atomic E-state index is 11.7. The molecule has 1 aromatic heterocycles. The fourth-order valence-corrected chi connectivity index (χ4v) is 2.66. The number of Topliss-reactive ketones (excluding diaryl/α,β-unsaturated/α-hetero) is 2. The van der Waals surface area contributed by atoms with Gasteiger partial charge in [-0.3, -0.25) is 14.3 Å². The van der Waals surface area contributed by atoms with Crippen LogP contribution in [0.25, 0.3) is 10.9 Å². The Balaban J connectivity index is 1.96. The molecule has 1 saturated carbocycles. The zero-order valence-corrected chi connectivity index (χ0v) is 10.2. The molecule has 92 valence electrons. The summed E-state index contributed by atoms with van der Waals surface area (Å²) in [5, 5.41) is 5.54. The van der Waals surface area contributed by atoms with Gasteiger partial charge in [-0.05, 0) is 6.07 Å². The maximum absolute atomic E-state index is 11.7. The Morgan fingerprint density at radius 1 is 1.33 bits per heavy atom. The second-order valence-corrected chi connectivity index (χ2v) is 4.87. The molecule has 0 saturated heterocycles. The number of aryl methyl sites for hydroxylation is 1. The van der Waals surface area contributed by atoms with Gasteiger partial charge >= 0.3 is 0 Å². The summed E-state index contributed by atoms with van der Waals surface area (Å²) in [6.45, 7) is 0. The molecule has 4 heteroatoms. The fraction of sp³-hybridized carbons (Fsp3) is 0.357. The molecule has 1 aromatic carbocycles. The lowest BCUT2D eigenvalue weighted by atomic mass is 9.99. The van der Waals surface area contributed by atoms with Crippen molar-refractivity contribution in [3.8, 4) is 0 Å². The van der Waals surface area contributed by atoms with Gasteiger partial charge in [-0.2, -0.15) is 5.10 Å². The van der Waals surface area contributed by atoms with Crippen molar-refractivity contribution in [3.63, 3.8) is 0 Å². The molecule has 0 bridgehead atoms. The third kappa shape index (κ3) is 1.74. The molecule has 3 rings (SSSR count). The van der Waals surface area contributed by atoms with Crippen molar-refractivity contribution in [1.29, 1.82) is 0 Å². The van der Waals surface area contributed by atoms with Gasteiger partial charge in [-0.1, -0.05) is 18.2 Å². The molecule has 0 spiro atoms. The van der Waals surface area contributed by atoms with E-state index in [1.165, 1.54) is 0 Å². The molecule has 0 amide bonds. The fourth-order valence-electron chi connectivity index (χ4n) is 2.66. The first-order valence-corrected chi connectivity index (χ1v) is 6.10. The molecule has 1 aliphatic rings. The minimum atomic E-state index is -0.171. The molecule has 1 unspecified atom stereocenters. The van der Waals surface area contributed by atoms with E-state index < -0.39 is 0 Å². The molecule has 1 aliphatic carbocycles. The SMILES string of the molecule is Cn1nc(CC2CC(=O)CC2=O)c2ccccc21. The topological polar surface area (TPSA) is 52.0 Å². The van der Waals surface area contributed by atoms with Crippen molar-refractivity contribution in [1.82, 2.24) is 9.78 Å². The van der Waals surface area contributed by atoms with Gasteiger partial charge in [0.25, 0.3) is 0 Å². The Morgan fingerprint density at radius 3 is 2.83 bits per heavy atom. The zero-order chi connectivity index (χ0) is 12.7. The molecule has 2 aromatic rings. The van der Waals surface area contributed by atoms with Gasteiger partial charge < -0.3 is 0 Å². The molecular formula is C14H14N2O2. The number of fused-ring (bicyclic) bond motifs is 1. The summed E-state index contributed by atoms with van der Waals surface area (Å²) in [4.78, 5) is 23.0. The van der Waals surface area contributed by atoms with Crippen LogP contribution in [0.3, 0.4) is 0 Å². The number of ketones is 2. The van der Waals surface area contributed by atoms with E-state index >= 15 is 0 Å². The summed E-state index contributed by atoms with van der Waals surface area (Å²) in [6, 6.07) is 7.96. The number of hydrogen-bond acceptors (Lipinski definition) is 3. The Kier molecular flexibility index (Phi) is 2.51. The third-order valence-corrected chi connectivity index (χ3v) is 3.57. The standard InChI is InChI=1S/C14H14N2O2/c1-16-13-5-3-2-4-11(13)12(15-16)7-9-6-10(17)8-14(9)18/h2-5,9H,6-8H2,1H3. The lowest BCUT2D eigenvalue weighted by Crippen LogP contribution is -2.10. The first-order chi connectivity index (χ1) is 8.65. The highest BCUT2D eigenvalue weighted by molar-refractivity contribution is 6.07. The highest BCUT2D eigenvalue weighted by Gasteiger charge is 2.31. The van der Waals surface area contributed by atoms with E-state index in [9.17, 15) is 9.59 Å². The van der Waals surface area contributed by atoms with Crippen LogP contribution in [-0.4, -0.2) is 21.3 Å². The first-order valence-electron chi connectivity index (χ1n) is 6.10. The van der Waals surface area contributed by atoms with Crippen LogP contribution in [0.15, 0.2) is 24.3 Å². The summed E-state index contributed by atoms with van der Waals surface area (Å²) in [7, 11) is 1.90. The first kappa shape index (κ1) is 11.1. The van der Waals surface area contributed by atoms with Crippen LogP contribution in [0.1, 0.15) is 18.5 Å². The van der Waals surface area contributed by atoms with Crippen LogP contribution in [0, 0.1) is 5.92 Å². The molecule has 18 heavy (non-hydrogen) atoms. The molecule has 0 aliphatic heterocycles. The van der Waals surface area contributed by atoms with Gasteiger partial charge in [0, 0.05) is 31.2 Å². The van der Waals surface area contributed by atoms with Crippen LogP contribution in [0.2, 0.25) is 0 Å². The molecule has 0 radical (unpaired) electrons. The highest BCUT2D eigenvalue weighted by atomic mass is 16.2. The summed E-state index contributed by atoms with van der Waals surface area (Å²) in [5.41, 5.74) is 1.98. The number of benzene rings is 1. The third-order valence-electron chi connectivity index (χ3n) is 3.57. The Hall–Kier alpha value is -1.97. The van der Waals surface area contributed by atoms with Crippen molar-refractivity contribution in [2.75, 3.05) is 0 Å². The van der Waals surface area contributed by atoms with Crippen LogP contribution >= 0.6 is 0 Å². The number of aromatic nitrogens is 2. The van der Waals surface area contributed by atoms with E-state index in [-0.39, 0.29) is 23.9 Å². The van der Waals surface area contributed by atoms with Gasteiger partial charge in [-0.25, -0.2) is 0 Å². The normalized spacial score (nSPS) is 19.9. The van der Waals surface area contributed by atoms with E-state index in [1.807, 2.05) is 36.0 Å². The van der Waals surface area contributed by atoms with Crippen LogP contribution in [0.4, 0.5) is 0 Å². The van der Waals surface area contributed by atoms with E-state index in [0.29, 0.717) is 12.8 Å². The van der Waals surface area contributed by atoms with E-state index in [2.05, 4.69) is 5.10 Å². The number of nitrogens with zero attached hydrogens (tertiary/aromatic N) is 2. The van der Waals surface area contributed by atoms with Crippen molar-refractivity contribution < 1.29 is 9.59 Å². The van der Waals surface area contributed by atoms with Gasteiger partial charge in [0.1, 0.15) is 11.6 Å². The van der Waals surface area contributed by atoms with E-state index in [1.54, 1.807) is 0 Å². The second-order valence-electron chi connectivity index (χ2n) is 4.87. The Morgan fingerprint density at radius 2 is 2.11 bits per heavy atom. The van der Waals surface area contributed by atoms with Crippen LogP contribution < -0.4 is 0 Å². The van der Waals surface area contributed by atoms with Crippen molar-refractivity contribution in [2.24, 2.45) is 13.0 Å². The predicted octanol–water partition coefficient (Wildman–Crippen LogP) is 1.66. The summed E-state index contributed by atoms with van der Waals surface area (Å²) < 4.78 is 1.83. The number of carbonyl (C=O) groups excluding carboxylic acids is 2. The average Bonchev–Trinajstić information content (AvgIpc) is 2.82. The maximum Gasteiger partial charge on any atom is 0.144 e. The number of para-hydroxylation sites is 1. The second kappa shape index (κ2) is 4.05. The minimum absolute atomic E-state index is 0.0604. The molecular weight excluding hydrogens is 228 g/mol. The van der Waals surface area contributed by atoms with Crippen molar-refractivity contribution in [2.45, 2.75) is 19.3 Å². The van der Waals surface area contributed by atoms with Crippen molar-refractivity contribution in [3.05, 3.63) is 30.0 Å².